The number of aliphatic carboxylic acids is 1. The molecule has 3 aromatic carbocycles. The van der Waals surface area contributed by atoms with Crippen LogP contribution in [-0.4, -0.2) is 49.8 Å². The van der Waals surface area contributed by atoms with E-state index in [1.54, 1.807) is 24.3 Å². The molecule has 12 heteroatoms. The quantitative estimate of drug-likeness (QED) is 0.312. The lowest BCUT2D eigenvalue weighted by Gasteiger charge is -2.35. The van der Waals surface area contributed by atoms with Crippen molar-refractivity contribution in [1.82, 2.24) is 0 Å². The fraction of sp³-hybridized carbons (Fsp3) is 0.310. The number of carboxylic acid groups (broad SMARTS) is 2. The maximum atomic E-state index is 13.2. The number of rotatable bonds is 7. The molecular formula is C29H31F3N2O6S. The standard InChI is InChI=1S/C27H30N2O4S.C2HF3O2/c1-19-8-10-24(16-20(19)2)34(32,33)28-25-18-23(27(30)31)9-11-26(25)29-14-12-22(13-15-29)17-21-6-4-3-5-7-21;3-2(4,5)1(6)7/h3-11,16,18,22,28H,12-15,17H2,1-2H3,(H,30,31);(H,6,7). The first kappa shape index (κ1) is 31.5. The molecule has 41 heavy (non-hydrogen) atoms. The van der Waals surface area contributed by atoms with Gasteiger partial charge in [-0.2, -0.15) is 13.2 Å². The molecule has 0 unspecified atom stereocenters. The summed E-state index contributed by atoms with van der Waals surface area (Å²) < 4.78 is 60.7. The highest BCUT2D eigenvalue weighted by Gasteiger charge is 2.38. The number of carboxylic acids is 2. The SMILES string of the molecule is Cc1ccc(S(=O)(=O)Nc2cc(C(=O)O)ccc2N2CCC(Cc3ccccc3)CC2)cc1C.O=C(O)C(F)(F)F. The smallest absolute Gasteiger partial charge is 0.478 e. The van der Waals surface area contributed by atoms with E-state index in [0.29, 0.717) is 17.3 Å². The molecule has 1 aliphatic rings. The van der Waals surface area contributed by atoms with Crippen molar-refractivity contribution in [3.8, 4) is 0 Å². The second kappa shape index (κ2) is 13.1. The van der Waals surface area contributed by atoms with Crippen LogP contribution in [0.3, 0.4) is 0 Å². The first-order valence-electron chi connectivity index (χ1n) is 12.7. The minimum Gasteiger partial charge on any atom is -0.478 e. The second-order valence-electron chi connectivity index (χ2n) is 9.81. The Hall–Kier alpha value is -4.06. The summed E-state index contributed by atoms with van der Waals surface area (Å²) in [5, 5.41) is 16.6. The zero-order valence-corrected chi connectivity index (χ0v) is 23.3. The number of aromatic carboxylic acids is 1. The van der Waals surface area contributed by atoms with Gasteiger partial charge in [0.2, 0.25) is 0 Å². The third-order valence-electron chi connectivity index (χ3n) is 6.84. The van der Waals surface area contributed by atoms with Crippen molar-refractivity contribution in [1.29, 1.82) is 0 Å². The van der Waals surface area contributed by atoms with Gasteiger partial charge in [0, 0.05) is 13.1 Å². The molecule has 0 bridgehead atoms. The van der Waals surface area contributed by atoms with Crippen molar-refractivity contribution >= 4 is 33.3 Å². The normalized spacial score (nSPS) is 14.1. The van der Waals surface area contributed by atoms with Gasteiger partial charge in [-0.3, -0.25) is 4.72 Å². The van der Waals surface area contributed by atoms with E-state index < -0.39 is 28.1 Å². The molecule has 1 heterocycles. The Kier molecular flexibility index (Phi) is 10.0. The highest BCUT2D eigenvalue weighted by Crippen LogP contribution is 2.33. The molecule has 0 aliphatic carbocycles. The molecule has 0 aromatic heterocycles. The molecule has 0 amide bonds. The molecule has 1 fully saturated rings. The van der Waals surface area contributed by atoms with Crippen LogP contribution in [0.25, 0.3) is 0 Å². The number of carbonyl (C=O) groups is 2. The summed E-state index contributed by atoms with van der Waals surface area (Å²) in [6, 6.07) is 20.1. The molecule has 220 valence electrons. The number of nitrogens with one attached hydrogen (secondary N) is 1. The zero-order chi connectivity index (χ0) is 30.4. The first-order valence-corrected chi connectivity index (χ1v) is 14.2. The maximum absolute atomic E-state index is 13.2. The Morgan fingerprint density at radius 3 is 2.07 bits per heavy atom. The Bertz CT molecular complexity index is 1490. The van der Waals surface area contributed by atoms with Gasteiger partial charge in [-0.1, -0.05) is 36.4 Å². The summed E-state index contributed by atoms with van der Waals surface area (Å²) in [7, 11) is -3.88. The highest BCUT2D eigenvalue weighted by atomic mass is 32.2. The fourth-order valence-corrected chi connectivity index (χ4v) is 5.59. The average molecular weight is 593 g/mol. The number of hydrogen-bond donors (Lipinski definition) is 3. The molecule has 4 rings (SSSR count). The summed E-state index contributed by atoms with van der Waals surface area (Å²) in [5.74, 6) is -3.29. The largest absolute Gasteiger partial charge is 0.490 e. The predicted molar refractivity (Wildman–Crippen MR) is 149 cm³/mol. The number of alkyl halides is 3. The van der Waals surface area contributed by atoms with Gasteiger partial charge in [0.25, 0.3) is 10.0 Å². The van der Waals surface area contributed by atoms with E-state index in [-0.39, 0.29) is 10.5 Å². The molecule has 0 saturated carbocycles. The number of nitrogens with zero attached hydrogens (tertiary/aromatic N) is 1. The first-order chi connectivity index (χ1) is 19.2. The summed E-state index contributed by atoms with van der Waals surface area (Å²) in [6.07, 6.45) is -2.09. The van der Waals surface area contributed by atoms with Crippen molar-refractivity contribution in [2.45, 2.75) is 44.2 Å². The van der Waals surface area contributed by atoms with Gasteiger partial charge in [0.1, 0.15) is 0 Å². The van der Waals surface area contributed by atoms with Gasteiger partial charge in [-0.25, -0.2) is 18.0 Å². The molecule has 3 N–H and O–H groups in total. The van der Waals surface area contributed by atoms with Crippen LogP contribution < -0.4 is 9.62 Å². The van der Waals surface area contributed by atoms with Gasteiger partial charge in [-0.15, -0.1) is 0 Å². The van der Waals surface area contributed by atoms with Gasteiger partial charge < -0.3 is 15.1 Å². The van der Waals surface area contributed by atoms with E-state index in [0.717, 1.165) is 43.5 Å². The number of halogens is 3. The molecule has 1 aliphatic heterocycles. The van der Waals surface area contributed by atoms with Crippen molar-refractivity contribution in [2.75, 3.05) is 22.7 Å². The van der Waals surface area contributed by atoms with Crippen LogP contribution in [0.2, 0.25) is 0 Å². The zero-order valence-electron chi connectivity index (χ0n) is 22.5. The fourth-order valence-electron chi connectivity index (χ4n) is 4.44. The van der Waals surface area contributed by atoms with Crippen molar-refractivity contribution < 1.29 is 41.4 Å². The van der Waals surface area contributed by atoms with Crippen LogP contribution >= 0.6 is 0 Å². The monoisotopic (exact) mass is 592 g/mol. The van der Waals surface area contributed by atoms with E-state index >= 15 is 0 Å². The minimum atomic E-state index is -5.08. The van der Waals surface area contributed by atoms with Gasteiger partial charge in [-0.05, 0) is 86.1 Å². The molecule has 0 atom stereocenters. The number of piperidine rings is 1. The van der Waals surface area contributed by atoms with Crippen LogP contribution in [0.15, 0.2) is 71.6 Å². The molecular weight excluding hydrogens is 561 g/mol. The van der Waals surface area contributed by atoms with E-state index in [1.807, 2.05) is 19.9 Å². The van der Waals surface area contributed by atoms with Crippen LogP contribution in [0, 0.1) is 19.8 Å². The summed E-state index contributed by atoms with van der Waals surface area (Å²) in [4.78, 5) is 22.8. The van der Waals surface area contributed by atoms with Crippen LogP contribution in [0.1, 0.15) is 39.9 Å². The molecule has 1 saturated heterocycles. The molecule has 0 spiro atoms. The number of benzene rings is 3. The maximum Gasteiger partial charge on any atom is 0.490 e. The molecule has 3 aromatic rings. The highest BCUT2D eigenvalue weighted by molar-refractivity contribution is 7.92. The second-order valence-corrected chi connectivity index (χ2v) is 11.5. The van der Waals surface area contributed by atoms with Gasteiger partial charge >= 0.3 is 18.1 Å². The Morgan fingerprint density at radius 2 is 1.54 bits per heavy atom. The minimum absolute atomic E-state index is 0.0421. The summed E-state index contributed by atoms with van der Waals surface area (Å²) in [5.41, 5.74) is 4.25. The van der Waals surface area contributed by atoms with Gasteiger partial charge in [0.15, 0.2) is 0 Å². The van der Waals surface area contributed by atoms with Crippen LogP contribution in [0.5, 0.6) is 0 Å². The Balaban J connectivity index is 0.000000587. The lowest BCUT2D eigenvalue weighted by molar-refractivity contribution is -0.192. The van der Waals surface area contributed by atoms with Crippen LogP contribution in [-0.2, 0) is 21.2 Å². The lowest BCUT2D eigenvalue weighted by atomic mass is 9.90. The molecule has 0 radical (unpaired) electrons. The van der Waals surface area contributed by atoms with Crippen molar-refractivity contribution in [3.63, 3.8) is 0 Å². The number of anilines is 2. The van der Waals surface area contributed by atoms with Crippen molar-refractivity contribution in [2.24, 2.45) is 5.92 Å². The summed E-state index contributed by atoms with van der Waals surface area (Å²) in [6.45, 7) is 5.35. The van der Waals surface area contributed by atoms with E-state index in [4.69, 9.17) is 9.90 Å². The predicted octanol–water partition coefficient (Wildman–Crippen LogP) is 5.89. The van der Waals surface area contributed by atoms with Crippen molar-refractivity contribution in [3.05, 3.63) is 89.0 Å². The molecule has 8 nitrogen and oxygen atoms in total. The Morgan fingerprint density at radius 1 is 0.927 bits per heavy atom. The van der Waals surface area contributed by atoms with E-state index in [2.05, 4.69) is 33.9 Å². The third kappa shape index (κ3) is 8.71. The number of hydrogen-bond acceptors (Lipinski definition) is 5. The van der Waals surface area contributed by atoms with Gasteiger partial charge in [0.05, 0.1) is 21.8 Å². The average Bonchev–Trinajstić information content (AvgIpc) is 2.91. The van der Waals surface area contributed by atoms with E-state index in [9.17, 15) is 31.5 Å². The third-order valence-corrected chi connectivity index (χ3v) is 8.20. The topological polar surface area (TPSA) is 124 Å². The summed E-state index contributed by atoms with van der Waals surface area (Å²) >= 11 is 0. The van der Waals surface area contributed by atoms with Crippen LogP contribution in [0.4, 0.5) is 24.5 Å². The number of aryl methyl sites for hydroxylation is 2. The lowest BCUT2D eigenvalue weighted by Crippen LogP contribution is -2.35. The Labute approximate surface area is 236 Å². The number of sulfonamides is 1. The van der Waals surface area contributed by atoms with E-state index in [1.165, 1.54) is 17.7 Å².